The number of aromatic nitrogens is 1. The van der Waals surface area contributed by atoms with Gasteiger partial charge in [-0.3, -0.25) is 14.6 Å². The molecule has 1 N–H and O–H groups in total. The van der Waals surface area contributed by atoms with E-state index in [9.17, 15) is 9.59 Å². The molecule has 1 saturated heterocycles. The van der Waals surface area contributed by atoms with E-state index in [4.69, 9.17) is 16.6 Å². The monoisotopic (exact) mass is 433 g/mol. The molecule has 31 heavy (non-hydrogen) atoms. The predicted molar refractivity (Wildman–Crippen MR) is 122 cm³/mol. The summed E-state index contributed by atoms with van der Waals surface area (Å²) in [5.74, 6) is -0.148. The van der Waals surface area contributed by atoms with Gasteiger partial charge in [-0.2, -0.15) is 0 Å². The Morgan fingerprint density at radius 1 is 1.06 bits per heavy atom. The zero-order chi connectivity index (χ0) is 21.8. The van der Waals surface area contributed by atoms with Gasteiger partial charge in [0.2, 0.25) is 5.91 Å². The van der Waals surface area contributed by atoms with Gasteiger partial charge in [0.05, 0.1) is 11.7 Å². The molecule has 0 bridgehead atoms. The Bertz CT molecular complexity index is 1080. The van der Waals surface area contributed by atoms with Crippen LogP contribution in [0.25, 0.3) is 0 Å². The summed E-state index contributed by atoms with van der Waals surface area (Å²) in [7, 11) is 0. The summed E-state index contributed by atoms with van der Waals surface area (Å²) in [4.78, 5) is 31.1. The number of likely N-dealkylation sites (tertiary alicyclic amines) is 1. The van der Waals surface area contributed by atoms with E-state index in [1.807, 2.05) is 47.4 Å². The number of hydrogen-bond donors (Lipinski definition) is 1. The first-order valence-corrected chi connectivity index (χ1v) is 10.8. The van der Waals surface area contributed by atoms with Crippen molar-refractivity contribution in [2.75, 3.05) is 11.9 Å². The van der Waals surface area contributed by atoms with Gasteiger partial charge in [-0.25, -0.2) is 0 Å². The summed E-state index contributed by atoms with van der Waals surface area (Å²) in [6.45, 7) is 2.17. The Morgan fingerprint density at radius 2 is 1.81 bits per heavy atom. The number of nitrogens with zero attached hydrogens (tertiary/aromatic N) is 2. The van der Waals surface area contributed by atoms with E-state index in [1.165, 1.54) is 6.92 Å². The third kappa shape index (κ3) is 5.12. The average Bonchev–Trinajstić information content (AvgIpc) is 3.25. The molecule has 0 spiro atoms. The lowest BCUT2D eigenvalue weighted by molar-refractivity contribution is -0.114. The quantitative estimate of drug-likeness (QED) is 0.596. The number of pyridine rings is 1. The average molecular weight is 434 g/mol. The lowest BCUT2D eigenvalue weighted by Gasteiger charge is -2.25. The van der Waals surface area contributed by atoms with E-state index < -0.39 is 0 Å². The Morgan fingerprint density at radius 3 is 2.52 bits per heavy atom. The second-order valence-corrected chi connectivity index (χ2v) is 8.21. The van der Waals surface area contributed by atoms with Crippen LogP contribution in [-0.4, -0.2) is 28.2 Å². The number of amides is 2. The summed E-state index contributed by atoms with van der Waals surface area (Å²) >= 11 is 5.98. The molecule has 1 aromatic heterocycles. The third-order valence-electron chi connectivity index (χ3n) is 5.43. The van der Waals surface area contributed by atoms with Crippen LogP contribution in [0.1, 0.15) is 53.1 Å². The molecular weight excluding hydrogens is 410 g/mol. The molecule has 6 heteroatoms. The van der Waals surface area contributed by atoms with E-state index in [0.29, 0.717) is 17.8 Å². The minimum absolute atomic E-state index is 0.0122. The molecule has 0 unspecified atom stereocenters. The van der Waals surface area contributed by atoms with Crippen LogP contribution in [0, 0.1) is 0 Å². The van der Waals surface area contributed by atoms with E-state index >= 15 is 0 Å². The number of anilines is 1. The lowest BCUT2D eigenvalue weighted by atomic mass is 10.1. The maximum Gasteiger partial charge on any atom is 0.254 e. The Balaban J connectivity index is 1.50. The molecule has 5 nitrogen and oxygen atoms in total. The highest BCUT2D eigenvalue weighted by atomic mass is 35.5. The van der Waals surface area contributed by atoms with Crippen molar-refractivity contribution >= 4 is 29.1 Å². The molecule has 4 rings (SSSR count). The largest absolute Gasteiger partial charge is 0.330 e. The van der Waals surface area contributed by atoms with Crippen molar-refractivity contribution in [1.82, 2.24) is 9.88 Å². The van der Waals surface area contributed by atoms with Crippen LogP contribution in [-0.2, 0) is 11.2 Å². The second kappa shape index (κ2) is 9.31. The molecule has 0 aliphatic carbocycles. The highest BCUT2D eigenvalue weighted by molar-refractivity contribution is 6.30. The molecule has 158 valence electrons. The highest BCUT2D eigenvalue weighted by Gasteiger charge is 2.31. The molecule has 2 aromatic carbocycles. The Labute approximate surface area is 187 Å². The Kier molecular flexibility index (Phi) is 6.33. The van der Waals surface area contributed by atoms with Crippen molar-refractivity contribution in [3.8, 4) is 0 Å². The van der Waals surface area contributed by atoms with E-state index in [0.717, 1.165) is 41.2 Å². The van der Waals surface area contributed by atoms with Crippen molar-refractivity contribution in [2.24, 2.45) is 0 Å². The summed E-state index contributed by atoms with van der Waals surface area (Å²) in [5.41, 5.74) is 4.33. The van der Waals surface area contributed by atoms with E-state index in [1.54, 1.807) is 24.3 Å². The number of carbonyl (C=O) groups is 2. The first-order chi connectivity index (χ1) is 15.0. The zero-order valence-corrected chi connectivity index (χ0v) is 18.1. The summed E-state index contributed by atoms with van der Waals surface area (Å²) in [5, 5.41) is 3.44. The van der Waals surface area contributed by atoms with Gasteiger partial charge in [0.1, 0.15) is 0 Å². The SMILES string of the molecule is CC(=O)Nc1ccc(C(=O)N2CCC[C@@H]2c2cccc(Cc3ccc(Cl)cc3)n2)cc1. The van der Waals surface area contributed by atoms with Crippen LogP contribution in [0.3, 0.4) is 0 Å². The lowest BCUT2D eigenvalue weighted by Crippen LogP contribution is -2.31. The first kappa shape index (κ1) is 21.1. The summed E-state index contributed by atoms with van der Waals surface area (Å²) < 4.78 is 0. The molecule has 1 fully saturated rings. The number of carbonyl (C=O) groups excluding carboxylic acids is 2. The van der Waals surface area contributed by atoms with Crippen LogP contribution >= 0.6 is 11.6 Å². The second-order valence-electron chi connectivity index (χ2n) is 7.77. The van der Waals surface area contributed by atoms with Crippen molar-refractivity contribution in [3.63, 3.8) is 0 Å². The van der Waals surface area contributed by atoms with E-state index in [2.05, 4.69) is 5.32 Å². The topological polar surface area (TPSA) is 62.3 Å². The van der Waals surface area contributed by atoms with Crippen molar-refractivity contribution in [3.05, 3.63) is 94.3 Å². The minimum Gasteiger partial charge on any atom is -0.330 e. The zero-order valence-electron chi connectivity index (χ0n) is 17.3. The smallest absolute Gasteiger partial charge is 0.254 e. The minimum atomic E-state index is -0.136. The number of benzene rings is 2. The van der Waals surface area contributed by atoms with Gasteiger partial charge in [-0.1, -0.05) is 29.8 Å². The van der Waals surface area contributed by atoms with E-state index in [-0.39, 0.29) is 17.9 Å². The molecule has 0 saturated carbocycles. The molecule has 2 heterocycles. The van der Waals surface area contributed by atoms with Crippen molar-refractivity contribution < 1.29 is 9.59 Å². The van der Waals surface area contributed by atoms with Crippen molar-refractivity contribution in [2.45, 2.75) is 32.2 Å². The van der Waals surface area contributed by atoms with Gasteiger partial charge in [0, 0.05) is 41.9 Å². The molecule has 2 amide bonds. The molecule has 3 aromatic rings. The maximum atomic E-state index is 13.2. The molecule has 1 aliphatic heterocycles. The fourth-order valence-corrected chi connectivity index (χ4v) is 4.10. The fourth-order valence-electron chi connectivity index (χ4n) is 3.98. The molecule has 1 atom stereocenters. The first-order valence-electron chi connectivity index (χ1n) is 10.4. The fraction of sp³-hybridized carbons (Fsp3) is 0.240. The molecule has 0 radical (unpaired) electrons. The van der Waals surface area contributed by atoms with Crippen LogP contribution in [0.4, 0.5) is 5.69 Å². The standard InChI is InChI=1S/C25H24ClN3O2/c1-17(30)27-21-13-9-19(10-14-21)25(31)29-15-3-6-24(29)23-5-2-4-22(28-23)16-18-7-11-20(26)12-8-18/h2,4-5,7-14,24H,3,6,15-16H2,1H3,(H,27,30)/t24-/m1/s1. The number of halogens is 1. The van der Waals surface area contributed by atoms with Gasteiger partial charge in [-0.05, 0) is 66.9 Å². The van der Waals surface area contributed by atoms with Gasteiger partial charge >= 0.3 is 0 Å². The number of nitrogens with one attached hydrogen (secondary N) is 1. The normalized spacial score (nSPS) is 15.7. The van der Waals surface area contributed by atoms with Crippen molar-refractivity contribution in [1.29, 1.82) is 0 Å². The van der Waals surface area contributed by atoms with Crippen LogP contribution in [0.15, 0.2) is 66.7 Å². The Hall–Kier alpha value is -3.18. The summed E-state index contributed by atoms with van der Waals surface area (Å²) in [6, 6.07) is 20.8. The maximum absolute atomic E-state index is 13.2. The third-order valence-corrected chi connectivity index (χ3v) is 5.69. The van der Waals surface area contributed by atoms with Gasteiger partial charge in [0.15, 0.2) is 0 Å². The van der Waals surface area contributed by atoms with Crippen LogP contribution < -0.4 is 5.32 Å². The predicted octanol–water partition coefficient (Wildman–Crippen LogP) is 5.26. The number of rotatable bonds is 5. The van der Waals surface area contributed by atoms with Crippen LogP contribution in [0.2, 0.25) is 5.02 Å². The van der Waals surface area contributed by atoms with Gasteiger partial charge in [0.25, 0.3) is 5.91 Å². The molecular formula is C25H24ClN3O2. The summed E-state index contributed by atoms with van der Waals surface area (Å²) in [6.07, 6.45) is 2.56. The van der Waals surface area contributed by atoms with Gasteiger partial charge < -0.3 is 10.2 Å². The number of hydrogen-bond acceptors (Lipinski definition) is 3. The van der Waals surface area contributed by atoms with Crippen LogP contribution in [0.5, 0.6) is 0 Å². The van der Waals surface area contributed by atoms with Gasteiger partial charge in [-0.15, -0.1) is 0 Å². The highest BCUT2D eigenvalue weighted by Crippen LogP contribution is 2.32. The molecule has 1 aliphatic rings.